The lowest BCUT2D eigenvalue weighted by atomic mass is 10.2. The summed E-state index contributed by atoms with van der Waals surface area (Å²) in [6.07, 6.45) is 3.73. The Kier molecular flexibility index (Phi) is 3.56. The monoisotopic (exact) mass is 222 g/mol. The lowest BCUT2D eigenvalue weighted by Crippen LogP contribution is -2.32. The largest absolute Gasteiger partial charge is 0.394 e. The summed E-state index contributed by atoms with van der Waals surface area (Å²) >= 11 is 0. The van der Waals surface area contributed by atoms with Crippen LogP contribution in [0, 0.1) is 0 Å². The van der Waals surface area contributed by atoms with Crippen LogP contribution < -0.4 is 10.2 Å². The van der Waals surface area contributed by atoms with Crippen LogP contribution in [0.1, 0.15) is 19.8 Å². The van der Waals surface area contributed by atoms with Crippen molar-refractivity contribution in [3.05, 3.63) is 12.4 Å². The summed E-state index contributed by atoms with van der Waals surface area (Å²) in [5, 5.41) is 12.4. The maximum atomic E-state index is 9.27. The quantitative estimate of drug-likeness (QED) is 0.791. The molecule has 2 heterocycles. The van der Waals surface area contributed by atoms with Gasteiger partial charge in [0.1, 0.15) is 18.0 Å². The van der Waals surface area contributed by atoms with E-state index in [1.54, 1.807) is 6.33 Å². The van der Waals surface area contributed by atoms with Crippen molar-refractivity contribution in [3.8, 4) is 0 Å². The molecule has 5 nitrogen and oxygen atoms in total. The van der Waals surface area contributed by atoms with Gasteiger partial charge in [0.2, 0.25) is 0 Å². The summed E-state index contributed by atoms with van der Waals surface area (Å²) in [5.41, 5.74) is 0. The SMILES string of the molecule is CCNc1cc(N2CCC[C@H]2CO)ncn1. The number of nitrogens with zero attached hydrogens (tertiary/aromatic N) is 3. The van der Waals surface area contributed by atoms with Crippen molar-refractivity contribution in [1.29, 1.82) is 0 Å². The number of aliphatic hydroxyl groups is 1. The first-order valence-electron chi connectivity index (χ1n) is 5.78. The molecule has 2 N–H and O–H groups in total. The van der Waals surface area contributed by atoms with Crippen molar-refractivity contribution in [2.75, 3.05) is 29.9 Å². The van der Waals surface area contributed by atoms with Crippen molar-refractivity contribution in [1.82, 2.24) is 9.97 Å². The highest BCUT2D eigenvalue weighted by molar-refractivity contribution is 5.49. The van der Waals surface area contributed by atoms with Crippen LogP contribution in [0.3, 0.4) is 0 Å². The third-order valence-electron chi connectivity index (χ3n) is 2.89. The molecule has 0 aromatic carbocycles. The van der Waals surface area contributed by atoms with Crippen LogP contribution in [0.4, 0.5) is 11.6 Å². The fourth-order valence-electron chi connectivity index (χ4n) is 2.11. The summed E-state index contributed by atoms with van der Waals surface area (Å²) in [5.74, 6) is 1.75. The van der Waals surface area contributed by atoms with Gasteiger partial charge in [0.15, 0.2) is 0 Å². The highest BCUT2D eigenvalue weighted by Gasteiger charge is 2.24. The predicted octanol–water partition coefficient (Wildman–Crippen LogP) is 0.869. The Morgan fingerprint density at radius 1 is 1.56 bits per heavy atom. The number of nitrogens with one attached hydrogen (secondary N) is 1. The first-order valence-corrected chi connectivity index (χ1v) is 5.78. The summed E-state index contributed by atoms with van der Waals surface area (Å²) in [6.45, 7) is 4.04. The number of aliphatic hydroxyl groups excluding tert-OH is 1. The van der Waals surface area contributed by atoms with Gasteiger partial charge < -0.3 is 15.3 Å². The zero-order chi connectivity index (χ0) is 11.4. The third-order valence-corrected chi connectivity index (χ3v) is 2.89. The Morgan fingerprint density at radius 3 is 3.19 bits per heavy atom. The topological polar surface area (TPSA) is 61.3 Å². The first-order chi connectivity index (χ1) is 7.85. The Labute approximate surface area is 95.5 Å². The maximum Gasteiger partial charge on any atom is 0.134 e. The molecule has 16 heavy (non-hydrogen) atoms. The van der Waals surface area contributed by atoms with Crippen LogP contribution >= 0.6 is 0 Å². The second kappa shape index (κ2) is 5.12. The van der Waals surface area contributed by atoms with Crippen molar-refractivity contribution in [3.63, 3.8) is 0 Å². The van der Waals surface area contributed by atoms with E-state index in [1.807, 2.05) is 13.0 Å². The summed E-state index contributed by atoms with van der Waals surface area (Å²) in [6, 6.07) is 2.15. The van der Waals surface area contributed by atoms with Crippen molar-refractivity contribution >= 4 is 11.6 Å². The van der Waals surface area contributed by atoms with Crippen LogP contribution in [0.2, 0.25) is 0 Å². The van der Waals surface area contributed by atoms with Crippen LogP contribution in [-0.4, -0.2) is 40.8 Å². The number of aromatic nitrogens is 2. The molecule has 2 rings (SSSR count). The number of hydrogen-bond donors (Lipinski definition) is 2. The van der Waals surface area contributed by atoms with Crippen molar-refractivity contribution in [2.24, 2.45) is 0 Å². The standard InChI is InChI=1S/C11H18N4O/c1-2-12-10-6-11(14-8-13-10)15-5-3-4-9(15)7-16/h6,8-9,16H,2-5,7H2,1H3,(H,12,13,14)/t9-/m0/s1. The Morgan fingerprint density at radius 2 is 2.44 bits per heavy atom. The minimum absolute atomic E-state index is 0.195. The molecule has 1 aliphatic heterocycles. The maximum absolute atomic E-state index is 9.27. The molecular weight excluding hydrogens is 204 g/mol. The number of rotatable bonds is 4. The van der Waals surface area contributed by atoms with Crippen molar-refractivity contribution < 1.29 is 5.11 Å². The van der Waals surface area contributed by atoms with E-state index >= 15 is 0 Å². The molecule has 0 unspecified atom stereocenters. The predicted molar refractivity (Wildman–Crippen MR) is 63.6 cm³/mol. The fraction of sp³-hybridized carbons (Fsp3) is 0.636. The van der Waals surface area contributed by atoms with Crippen LogP contribution in [-0.2, 0) is 0 Å². The lowest BCUT2D eigenvalue weighted by molar-refractivity contribution is 0.266. The molecular formula is C11H18N4O. The molecule has 1 aliphatic rings. The van der Waals surface area contributed by atoms with E-state index in [4.69, 9.17) is 0 Å². The molecule has 1 aromatic rings. The van der Waals surface area contributed by atoms with E-state index in [0.717, 1.165) is 37.6 Å². The van der Waals surface area contributed by atoms with E-state index in [-0.39, 0.29) is 12.6 Å². The average molecular weight is 222 g/mol. The molecule has 0 aliphatic carbocycles. The zero-order valence-electron chi connectivity index (χ0n) is 9.56. The molecule has 88 valence electrons. The van der Waals surface area contributed by atoms with E-state index in [0.29, 0.717) is 0 Å². The molecule has 1 fully saturated rings. The Hall–Kier alpha value is -1.36. The molecule has 1 saturated heterocycles. The molecule has 0 spiro atoms. The minimum Gasteiger partial charge on any atom is -0.394 e. The van der Waals surface area contributed by atoms with Gasteiger partial charge in [-0.05, 0) is 19.8 Å². The normalized spacial score (nSPS) is 20.1. The van der Waals surface area contributed by atoms with E-state index in [1.165, 1.54) is 0 Å². The molecule has 0 amide bonds. The Balaban J connectivity index is 2.16. The van der Waals surface area contributed by atoms with Crippen LogP contribution in [0.15, 0.2) is 12.4 Å². The van der Waals surface area contributed by atoms with Crippen LogP contribution in [0.5, 0.6) is 0 Å². The highest BCUT2D eigenvalue weighted by Crippen LogP contribution is 2.24. The van der Waals surface area contributed by atoms with Gasteiger partial charge >= 0.3 is 0 Å². The van der Waals surface area contributed by atoms with Gasteiger partial charge in [0.25, 0.3) is 0 Å². The van der Waals surface area contributed by atoms with Crippen LogP contribution in [0.25, 0.3) is 0 Å². The third kappa shape index (κ3) is 2.24. The number of hydrogen-bond acceptors (Lipinski definition) is 5. The molecule has 5 heteroatoms. The van der Waals surface area contributed by atoms with Gasteiger partial charge in [0.05, 0.1) is 12.6 Å². The highest BCUT2D eigenvalue weighted by atomic mass is 16.3. The van der Waals surface area contributed by atoms with Gasteiger partial charge in [-0.25, -0.2) is 9.97 Å². The molecule has 1 aromatic heterocycles. The molecule has 0 bridgehead atoms. The lowest BCUT2D eigenvalue weighted by Gasteiger charge is -2.24. The summed E-state index contributed by atoms with van der Waals surface area (Å²) < 4.78 is 0. The van der Waals surface area contributed by atoms with Crippen molar-refractivity contribution in [2.45, 2.75) is 25.8 Å². The summed E-state index contributed by atoms with van der Waals surface area (Å²) in [7, 11) is 0. The molecule has 1 atom stereocenters. The average Bonchev–Trinajstić information content (AvgIpc) is 2.78. The van der Waals surface area contributed by atoms with Gasteiger partial charge in [-0.2, -0.15) is 0 Å². The van der Waals surface area contributed by atoms with E-state index in [9.17, 15) is 5.11 Å². The smallest absolute Gasteiger partial charge is 0.134 e. The fourth-order valence-corrected chi connectivity index (χ4v) is 2.11. The molecule has 0 saturated carbocycles. The van der Waals surface area contributed by atoms with Gasteiger partial charge in [-0.15, -0.1) is 0 Å². The number of anilines is 2. The second-order valence-electron chi connectivity index (χ2n) is 3.96. The first kappa shape index (κ1) is 11.1. The minimum atomic E-state index is 0.195. The van der Waals surface area contributed by atoms with Gasteiger partial charge in [-0.3, -0.25) is 0 Å². The summed E-state index contributed by atoms with van der Waals surface area (Å²) in [4.78, 5) is 10.6. The Bertz CT molecular complexity index is 345. The second-order valence-corrected chi connectivity index (χ2v) is 3.96. The van der Waals surface area contributed by atoms with Gasteiger partial charge in [0, 0.05) is 19.2 Å². The van der Waals surface area contributed by atoms with E-state index in [2.05, 4.69) is 20.2 Å². The zero-order valence-corrected chi connectivity index (χ0v) is 9.56. The molecule has 0 radical (unpaired) electrons. The van der Waals surface area contributed by atoms with E-state index < -0.39 is 0 Å². The van der Waals surface area contributed by atoms with Gasteiger partial charge in [-0.1, -0.05) is 0 Å².